The molecule has 0 saturated heterocycles. The van der Waals surface area contributed by atoms with E-state index in [2.05, 4.69) is 22.5 Å². The number of nitrogens with zero attached hydrogens (tertiary/aromatic N) is 2. The molecule has 1 fully saturated rings. The lowest BCUT2D eigenvalue weighted by atomic mass is 9.86. The molecule has 158 valence electrons. The predicted octanol–water partition coefficient (Wildman–Crippen LogP) is 3.18. The number of aromatic nitrogens is 2. The summed E-state index contributed by atoms with van der Waals surface area (Å²) in [7, 11) is 0. The Bertz CT molecular complexity index is 1010. The SMILES string of the molecule is C[C@H]1CCCC[C@@H]1NC(=O)Cn1c(CC(=O)NCc2ccco2)nc2ccccc21. The summed E-state index contributed by atoms with van der Waals surface area (Å²) >= 11 is 0. The van der Waals surface area contributed by atoms with Gasteiger partial charge in [-0.25, -0.2) is 4.98 Å². The molecule has 30 heavy (non-hydrogen) atoms. The van der Waals surface area contributed by atoms with E-state index in [-0.39, 0.29) is 30.8 Å². The van der Waals surface area contributed by atoms with Crippen molar-refractivity contribution in [1.29, 1.82) is 0 Å². The summed E-state index contributed by atoms with van der Waals surface area (Å²) in [6, 6.07) is 11.5. The van der Waals surface area contributed by atoms with Gasteiger partial charge in [-0.2, -0.15) is 0 Å². The van der Waals surface area contributed by atoms with Crippen molar-refractivity contribution in [2.45, 2.75) is 58.2 Å². The molecule has 7 heteroatoms. The van der Waals surface area contributed by atoms with Crippen LogP contribution in [0, 0.1) is 5.92 Å². The smallest absolute Gasteiger partial charge is 0.240 e. The Kier molecular flexibility index (Phi) is 6.16. The highest BCUT2D eigenvalue weighted by Crippen LogP contribution is 2.24. The van der Waals surface area contributed by atoms with E-state index in [1.165, 1.54) is 6.42 Å². The van der Waals surface area contributed by atoms with E-state index in [9.17, 15) is 9.59 Å². The maximum absolute atomic E-state index is 12.8. The minimum atomic E-state index is -0.163. The quantitative estimate of drug-likeness (QED) is 0.628. The van der Waals surface area contributed by atoms with Gasteiger partial charge in [0.2, 0.25) is 11.8 Å². The van der Waals surface area contributed by atoms with Crippen molar-refractivity contribution in [3.8, 4) is 0 Å². The van der Waals surface area contributed by atoms with E-state index >= 15 is 0 Å². The number of para-hydroxylation sites is 2. The van der Waals surface area contributed by atoms with Crippen molar-refractivity contribution in [3.05, 3.63) is 54.2 Å². The molecule has 1 aromatic carbocycles. The van der Waals surface area contributed by atoms with Crippen LogP contribution >= 0.6 is 0 Å². The maximum atomic E-state index is 12.8. The first kappa shape index (κ1) is 20.2. The Labute approximate surface area is 175 Å². The fraction of sp³-hybridized carbons (Fsp3) is 0.435. The van der Waals surface area contributed by atoms with Crippen molar-refractivity contribution in [2.24, 2.45) is 5.92 Å². The Morgan fingerprint density at radius 1 is 1.13 bits per heavy atom. The van der Waals surface area contributed by atoms with Crippen molar-refractivity contribution < 1.29 is 14.0 Å². The molecule has 2 N–H and O–H groups in total. The Hall–Kier alpha value is -3.09. The van der Waals surface area contributed by atoms with Crippen molar-refractivity contribution in [2.75, 3.05) is 0 Å². The molecule has 0 spiro atoms. The topological polar surface area (TPSA) is 89.2 Å². The van der Waals surface area contributed by atoms with Crippen LogP contribution in [0.5, 0.6) is 0 Å². The summed E-state index contributed by atoms with van der Waals surface area (Å²) in [5.41, 5.74) is 1.64. The number of nitrogens with one attached hydrogen (secondary N) is 2. The van der Waals surface area contributed by atoms with Crippen LogP contribution in [0.4, 0.5) is 0 Å². The average Bonchev–Trinajstić information content (AvgIpc) is 3.37. The number of benzene rings is 1. The number of amides is 2. The van der Waals surface area contributed by atoms with E-state index in [0.29, 0.717) is 24.0 Å². The molecular formula is C23H28N4O3. The zero-order valence-electron chi connectivity index (χ0n) is 17.3. The lowest BCUT2D eigenvalue weighted by Crippen LogP contribution is -2.42. The molecular weight excluding hydrogens is 380 g/mol. The van der Waals surface area contributed by atoms with Crippen LogP contribution < -0.4 is 10.6 Å². The third kappa shape index (κ3) is 4.72. The largest absolute Gasteiger partial charge is 0.467 e. The third-order valence-electron chi connectivity index (χ3n) is 5.85. The minimum absolute atomic E-state index is 0.0332. The average molecular weight is 409 g/mol. The van der Waals surface area contributed by atoms with Crippen LogP contribution in [0.3, 0.4) is 0 Å². The standard InChI is InChI=1S/C23H28N4O3/c1-16-7-2-3-9-18(16)26-23(29)15-27-20-11-5-4-10-19(20)25-21(27)13-22(28)24-14-17-8-6-12-30-17/h4-6,8,10-12,16,18H,2-3,7,9,13-15H2,1H3,(H,24,28)(H,26,29)/t16-,18-/m0/s1. The molecule has 3 aromatic rings. The van der Waals surface area contributed by atoms with Gasteiger partial charge in [-0.1, -0.05) is 31.9 Å². The Balaban J connectivity index is 1.47. The van der Waals surface area contributed by atoms with Gasteiger partial charge in [0.05, 0.1) is 30.3 Å². The van der Waals surface area contributed by atoms with E-state index in [0.717, 1.165) is 30.3 Å². The van der Waals surface area contributed by atoms with Crippen LogP contribution in [0.1, 0.15) is 44.2 Å². The number of imidazole rings is 1. The Morgan fingerprint density at radius 3 is 2.77 bits per heavy atom. The van der Waals surface area contributed by atoms with E-state index in [1.54, 1.807) is 12.3 Å². The number of rotatable bonds is 7. The van der Waals surface area contributed by atoms with Gasteiger partial charge in [0.1, 0.15) is 18.1 Å². The number of fused-ring (bicyclic) bond motifs is 1. The van der Waals surface area contributed by atoms with Gasteiger partial charge in [-0.3, -0.25) is 9.59 Å². The molecule has 1 aliphatic carbocycles. The molecule has 1 aliphatic rings. The van der Waals surface area contributed by atoms with Gasteiger partial charge in [-0.05, 0) is 43.0 Å². The van der Waals surface area contributed by atoms with Crippen LogP contribution in [0.25, 0.3) is 11.0 Å². The van der Waals surface area contributed by atoms with Gasteiger partial charge in [0.25, 0.3) is 0 Å². The van der Waals surface area contributed by atoms with Crippen molar-refractivity contribution in [1.82, 2.24) is 20.2 Å². The van der Waals surface area contributed by atoms with Crippen molar-refractivity contribution >= 4 is 22.8 Å². The number of furan rings is 1. The first-order valence-electron chi connectivity index (χ1n) is 10.6. The first-order chi connectivity index (χ1) is 14.6. The van der Waals surface area contributed by atoms with Gasteiger partial charge in [-0.15, -0.1) is 0 Å². The molecule has 2 amide bonds. The molecule has 0 radical (unpaired) electrons. The zero-order chi connectivity index (χ0) is 20.9. The van der Waals surface area contributed by atoms with E-state index in [1.807, 2.05) is 34.9 Å². The van der Waals surface area contributed by atoms with Gasteiger partial charge in [0.15, 0.2) is 0 Å². The zero-order valence-corrected chi connectivity index (χ0v) is 17.3. The number of carbonyl (C=O) groups excluding carboxylic acids is 2. The minimum Gasteiger partial charge on any atom is -0.467 e. The highest BCUT2D eigenvalue weighted by Gasteiger charge is 2.24. The van der Waals surface area contributed by atoms with Crippen LogP contribution in [0.2, 0.25) is 0 Å². The fourth-order valence-corrected chi connectivity index (χ4v) is 4.17. The summed E-state index contributed by atoms with van der Waals surface area (Å²) in [6.45, 7) is 2.68. The normalized spacial score (nSPS) is 19.0. The monoisotopic (exact) mass is 408 g/mol. The lowest BCUT2D eigenvalue weighted by molar-refractivity contribution is -0.123. The third-order valence-corrected chi connectivity index (χ3v) is 5.85. The highest BCUT2D eigenvalue weighted by molar-refractivity contribution is 5.83. The summed E-state index contributed by atoms with van der Waals surface area (Å²) in [6.07, 6.45) is 6.25. The number of carbonyl (C=O) groups is 2. The van der Waals surface area contributed by atoms with Gasteiger partial charge in [0, 0.05) is 6.04 Å². The summed E-state index contributed by atoms with van der Waals surface area (Å²) < 4.78 is 7.10. The summed E-state index contributed by atoms with van der Waals surface area (Å²) in [4.78, 5) is 29.9. The number of hydrogen-bond donors (Lipinski definition) is 2. The van der Waals surface area contributed by atoms with Crippen LogP contribution in [-0.4, -0.2) is 27.4 Å². The summed E-state index contributed by atoms with van der Waals surface area (Å²) in [5.74, 6) is 1.57. The highest BCUT2D eigenvalue weighted by atomic mass is 16.3. The second-order valence-electron chi connectivity index (χ2n) is 8.07. The Morgan fingerprint density at radius 2 is 1.97 bits per heavy atom. The lowest BCUT2D eigenvalue weighted by Gasteiger charge is -2.29. The molecule has 0 unspecified atom stereocenters. The van der Waals surface area contributed by atoms with Crippen LogP contribution in [-0.2, 0) is 29.1 Å². The molecule has 2 heterocycles. The summed E-state index contributed by atoms with van der Waals surface area (Å²) in [5, 5.41) is 6.04. The molecule has 2 aromatic heterocycles. The van der Waals surface area contributed by atoms with Gasteiger partial charge >= 0.3 is 0 Å². The van der Waals surface area contributed by atoms with E-state index in [4.69, 9.17) is 4.42 Å². The molecule has 0 bridgehead atoms. The molecule has 4 rings (SSSR count). The fourth-order valence-electron chi connectivity index (χ4n) is 4.17. The second-order valence-corrected chi connectivity index (χ2v) is 8.07. The second kappa shape index (κ2) is 9.15. The molecule has 2 atom stereocenters. The molecule has 1 saturated carbocycles. The maximum Gasteiger partial charge on any atom is 0.240 e. The van der Waals surface area contributed by atoms with Crippen LogP contribution in [0.15, 0.2) is 47.1 Å². The first-order valence-corrected chi connectivity index (χ1v) is 10.6. The van der Waals surface area contributed by atoms with Crippen molar-refractivity contribution in [3.63, 3.8) is 0 Å². The molecule has 7 nitrogen and oxygen atoms in total. The molecule has 0 aliphatic heterocycles. The van der Waals surface area contributed by atoms with E-state index < -0.39 is 0 Å². The number of hydrogen-bond acceptors (Lipinski definition) is 4. The predicted molar refractivity (Wildman–Crippen MR) is 114 cm³/mol. The van der Waals surface area contributed by atoms with Gasteiger partial charge < -0.3 is 19.6 Å².